The van der Waals surface area contributed by atoms with Crippen LogP contribution in [0.3, 0.4) is 0 Å². The summed E-state index contributed by atoms with van der Waals surface area (Å²) in [7, 11) is 0. The molecule has 3 heteroatoms. The number of rotatable bonds is 4. The van der Waals surface area contributed by atoms with E-state index >= 15 is 0 Å². The summed E-state index contributed by atoms with van der Waals surface area (Å²) < 4.78 is 0. The highest BCUT2D eigenvalue weighted by Gasteiger charge is 2.10. The molecule has 1 unspecified atom stereocenters. The van der Waals surface area contributed by atoms with E-state index in [-0.39, 0.29) is 6.04 Å². The highest BCUT2D eigenvalue weighted by Crippen LogP contribution is 2.19. The van der Waals surface area contributed by atoms with Gasteiger partial charge >= 0.3 is 0 Å². The number of nitrogens with two attached hydrogens (primary N) is 1. The van der Waals surface area contributed by atoms with Crippen LogP contribution in [0.1, 0.15) is 22.7 Å². The summed E-state index contributed by atoms with van der Waals surface area (Å²) in [6, 6.07) is 10.8. The number of hydrogen-bond donors (Lipinski definition) is 2. The third-order valence-corrected chi connectivity index (χ3v) is 3.43. The van der Waals surface area contributed by atoms with Crippen molar-refractivity contribution in [2.45, 2.75) is 19.4 Å². The van der Waals surface area contributed by atoms with Gasteiger partial charge in [0, 0.05) is 0 Å². The lowest BCUT2D eigenvalue weighted by atomic mass is 10.0. The van der Waals surface area contributed by atoms with Crippen molar-refractivity contribution in [1.29, 1.82) is 0 Å². The predicted octanol–water partition coefficient (Wildman–Crippen LogP) is 2.80. The van der Waals surface area contributed by atoms with E-state index < -0.39 is 0 Å². The predicted molar refractivity (Wildman–Crippen MR) is 69.3 cm³/mol. The molecule has 2 rings (SSSR count). The van der Waals surface area contributed by atoms with Crippen molar-refractivity contribution in [2.24, 2.45) is 5.84 Å². The summed E-state index contributed by atoms with van der Waals surface area (Å²) in [5.41, 5.74) is 6.72. The molecule has 0 saturated heterocycles. The van der Waals surface area contributed by atoms with Crippen LogP contribution in [0.25, 0.3) is 0 Å². The van der Waals surface area contributed by atoms with Crippen molar-refractivity contribution in [3.05, 3.63) is 57.8 Å². The molecule has 1 aromatic heterocycles. The Balaban J connectivity index is 2.13. The molecule has 0 saturated carbocycles. The van der Waals surface area contributed by atoms with Crippen LogP contribution in [0.15, 0.2) is 41.1 Å². The summed E-state index contributed by atoms with van der Waals surface area (Å²) in [6.07, 6.45) is 0.934. The highest BCUT2D eigenvalue weighted by atomic mass is 32.1. The first kappa shape index (κ1) is 11.3. The van der Waals surface area contributed by atoms with E-state index in [1.807, 2.05) is 0 Å². The molecule has 1 aromatic carbocycles. The van der Waals surface area contributed by atoms with E-state index in [1.54, 1.807) is 11.3 Å². The Morgan fingerprint density at radius 3 is 2.56 bits per heavy atom. The molecular weight excluding hydrogens is 216 g/mol. The highest BCUT2D eigenvalue weighted by molar-refractivity contribution is 7.07. The van der Waals surface area contributed by atoms with Gasteiger partial charge in [0.05, 0.1) is 6.04 Å². The number of benzene rings is 1. The van der Waals surface area contributed by atoms with Crippen LogP contribution < -0.4 is 11.3 Å². The first-order valence-electron chi connectivity index (χ1n) is 5.33. The molecule has 0 aliphatic heterocycles. The van der Waals surface area contributed by atoms with Gasteiger partial charge in [0.1, 0.15) is 0 Å². The number of thiophene rings is 1. The molecule has 0 bridgehead atoms. The Kier molecular flexibility index (Phi) is 3.72. The summed E-state index contributed by atoms with van der Waals surface area (Å²) >= 11 is 1.72. The molecule has 0 spiro atoms. The van der Waals surface area contributed by atoms with Crippen LogP contribution in [-0.2, 0) is 6.42 Å². The molecule has 0 amide bonds. The van der Waals surface area contributed by atoms with Gasteiger partial charge in [-0.05, 0) is 41.3 Å². The maximum Gasteiger partial charge on any atom is 0.0500 e. The fraction of sp³-hybridized carbons (Fsp3) is 0.231. The Morgan fingerprint density at radius 1 is 1.25 bits per heavy atom. The Bertz CT molecular complexity index is 420. The van der Waals surface area contributed by atoms with Crippen molar-refractivity contribution in [2.75, 3.05) is 0 Å². The normalized spacial score (nSPS) is 12.6. The molecule has 2 aromatic rings. The van der Waals surface area contributed by atoms with E-state index in [0.29, 0.717) is 0 Å². The van der Waals surface area contributed by atoms with Crippen molar-refractivity contribution >= 4 is 11.3 Å². The average Bonchev–Trinajstić information content (AvgIpc) is 2.80. The lowest BCUT2D eigenvalue weighted by molar-refractivity contribution is 0.552. The zero-order valence-electron chi connectivity index (χ0n) is 9.31. The molecule has 0 aliphatic rings. The zero-order chi connectivity index (χ0) is 11.4. The van der Waals surface area contributed by atoms with Gasteiger partial charge in [-0.1, -0.05) is 29.8 Å². The lowest BCUT2D eigenvalue weighted by Crippen LogP contribution is -2.29. The third-order valence-electron chi connectivity index (χ3n) is 2.70. The molecule has 0 aliphatic carbocycles. The molecule has 1 atom stereocenters. The molecule has 84 valence electrons. The van der Waals surface area contributed by atoms with Gasteiger partial charge in [-0.15, -0.1) is 0 Å². The van der Waals surface area contributed by atoms with Gasteiger partial charge in [-0.3, -0.25) is 11.3 Å². The summed E-state index contributed by atoms with van der Waals surface area (Å²) in [4.78, 5) is 0. The van der Waals surface area contributed by atoms with E-state index in [9.17, 15) is 0 Å². The summed E-state index contributed by atoms with van der Waals surface area (Å²) in [5, 5.41) is 4.26. The van der Waals surface area contributed by atoms with Crippen LogP contribution in [0.5, 0.6) is 0 Å². The third kappa shape index (κ3) is 2.70. The van der Waals surface area contributed by atoms with Gasteiger partial charge in [0.2, 0.25) is 0 Å². The smallest absolute Gasteiger partial charge is 0.0500 e. The Hall–Kier alpha value is -1.16. The topological polar surface area (TPSA) is 38.0 Å². The number of hydrogen-bond acceptors (Lipinski definition) is 3. The second kappa shape index (κ2) is 5.25. The van der Waals surface area contributed by atoms with Gasteiger partial charge in [-0.25, -0.2) is 0 Å². The number of hydrazine groups is 1. The Morgan fingerprint density at radius 2 is 2.00 bits per heavy atom. The minimum atomic E-state index is 0.190. The van der Waals surface area contributed by atoms with Crippen molar-refractivity contribution < 1.29 is 0 Å². The monoisotopic (exact) mass is 232 g/mol. The van der Waals surface area contributed by atoms with E-state index in [4.69, 9.17) is 5.84 Å². The van der Waals surface area contributed by atoms with Gasteiger partial charge in [0.15, 0.2) is 0 Å². The minimum Gasteiger partial charge on any atom is -0.271 e. The molecule has 1 heterocycles. The van der Waals surface area contributed by atoms with Gasteiger partial charge in [0.25, 0.3) is 0 Å². The fourth-order valence-electron chi connectivity index (χ4n) is 1.72. The van der Waals surface area contributed by atoms with E-state index in [1.165, 1.54) is 16.7 Å². The number of aryl methyl sites for hydroxylation is 1. The van der Waals surface area contributed by atoms with Gasteiger partial charge in [-0.2, -0.15) is 11.3 Å². The summed E-state index contributed by atoms with van der Waals surface area (Å²) in [5.74, 6) is 5.61. The van der Waals surface area contributed by atoms with Gasteiger partial charge < -0.3 is 0 Å². The second-order valence-electron chi connectivity index (χ2n) is 3.97. The first-order chi connectivity index (χ1) is 7.79. The van der Waals surface area contributed by atoms with Crippen molar-refractivity contribution in [3.63, 3.8) is 0 Å². The minimum absolute atomic E-state index is 0.190. The SMILES string of the molecule is Cc1ccc(C(Cc2ccsc2)NN)cc1. The van der Waals surface area contributed by atoms with Crippen molar-refractivity contribution in [3.8, 4) is 0 Å². The second-order valence-corrected chi connectivity index (χ2v) is 4.75. The molecular formula is C13H16N2S. The molecule has 3 N–H and O–H groups in total. The van der Waals surface area contributed by atoms with Crippen molar-refractivity contribution in [1.82, 2.24) is 5.43 Å². The molecule has 0 fully saturated rings. The first-order valence-corrected chi connectivity index (χ1v) is 6.27. The Labute approximate surface area is 100 Å². The average molecular weight is 232 g/mol. The lowest BCUT2D eigenvalue weighted by Gasteiger charge is -2.15. The van der Waals surface area contributed by atoms with Crippen LogP contribution in [0.4, 0.5) is 0 Å². The molecule has 16 heavy (non-hydrogen) atoms. The maximum absolute atomic E-state index is 5.61. The largest absolute Gasteiger partial charge is 0.271 e. The van der Waals surface area contributed by atoms with E-state index in [2.05, 4.69) is 53.4 Å². The standard InChI is InChI=1S/C13H16N2S/c1-10-2-4-12(5-3-10)13(15-14)8-11-6-7-16-9-11/h2-7,9,13,15H,8,14H2,1H3. The molecule has 2 nitrogen and oxygen atoms in total. The van der Waals surface area contributed by atoms with E-state index in [0.717, 1.165) is 6.42 Å². The zero-order valence-corrected chi connectivity index (χ0v) is 10.1. The molecule has 0 radical (unpaired) electrons. The van der Waals surface area contributed by atoms with Crippen LogP contribution in [-0.4, -0.2) is 0 Å². The fourth-order valence-corrected chi connectivity index (χ4v) is 2.40. The maximum atomic E-state index is 5.61. The van der Waals surface area contributed by atoms with Crippen LogP contribution >= 0.6 is 11.3 Å². The summed E-state index contributed by atoms with van der Waals surface area (Å²) in [6.45, 7) is 2.09. The number of nitrogens with one attached hydrogen (secondary N) is 1. The van der Waals surface area contributed by atoms with Crippen LogP contribution in [0, 0.1) is 6.92 Å². The van der Waals surface area contributed by atoms with Crippen LogP contribution in [0.2, 0.25) is 0 Å². The quantitative estimate of drug-likeness (QED) is 0.628.